The van der Waals surface area contributed by atoms with Crippen LogP contribution in [0.5, 0.6) is 5.75 Å². The van der Waals surface area contributed by atoms with Crippen LogP contribution in [0.1, 0.15) is 45.0 Å². The highest BCUT2D eigenvalue weighted by Crippen LogP contribution is 2.35. The number of nitrogens with one attached hydrogen (secondary N) is 3. The number of nitrogens with zero attached hydrogens (tertiary/aromatic N) is 3. The molecule has 0 spiro atoms. The van der Waals surface area contributed by atoms with Crippen molar-refractivity contribution in [2.75, 3.05) is 30.8 Å². The van der Waals surface area contributed by atoms with Crippen LogP contribution in [-0.2, 0) is 12.0 Å². The second-order valence-corrected chi connectivity index (χ2v) is 11.7. The van der Waals surface area contributed by atoms with Crippen LogP contribution < -0.4 is 15.4 Å². The van der Waals surface area contributed by atoms with E-state index in [2.05, 4.69) is 58.4 Å². The number of amides is 2. The first kappa shape index (κ1) is 26.8. The number of carbonyl (C=O) groups is 1. The van der Waals surface area contributed by atoms with Gasteiger partial charge in [-0.25, -0.2) is 14.8 Å². The minimum absolute atomic E-state index is 0.0608. The number of hydrogen-bond donors (Lipinski definition) is 3. The summed E-state index contributed by atoms with van der Waals surface area (Å²) in [6, 6.07) is 19.7. The van der Waals surface area contributed by atoms with E-state index in [1.165, 1.54) is 12.8 Å². The number of H-pyrrole nitrogens is 1. The number of carbonyl (C=O) groups excluding carboxylic acids is 1. The SMILES string of the molecule is COc1ccc(C(C)(C)C)cc1NC(=O)Nc1ccc(-c2cnc3nc(CN4CCCC4)[nH]c3c2)c2ccccc12. The predicted molar refractivity (Wildman–Crippen MR) is 166 cm³/mol. The van der Waals surface area contributed by atoms with Gasteiger partial charge in [0.2, 0.25) is 0 Å². The van der Waals surface area contributed by atoms with Crippen LogP contribution in [-0.4, -0.2) is 46.1 Å². The molecule has 1 aliphatic rings. The van der Waals surface area contributed by atoms with Crippen molar-refractivity contribution in [2.24, 2.45) is 0 Å². The fourth-order valence-corrected chi connectivity index (χ4v) is 5.53. The number of fused-ring (bicyclic) bond motifs is 2. The van der Waals surface area contributed by atoms with E-state index >= 15 is 0 Å². The zero-order chi connectivity index (χ0) is 28.6. The normalized spacial score (nSPS) is 14.0. The van der Waals surface area contributed by atoms with Gasteiger partial charge in [0, 0.05) is 17.1 Å². The van der Waals surface area contributed by atoms with Gasteiger partial charge in [-0.2, -0.15) is 0 Å². The molecule has 0 aliphatic carbocycles. The second-order valence-electron chi connectivity index (χ2n) is 11.7. The Labute approximate surface area is 240 Å². The number of urea groups is 1. The van der Waals surface area contributed by atoms with Crippen molar-refractivity contribution in [3.63, 3.8) is 0 Å². The van der Waals surface area contributed by atoms with E-state index in [9.17, 15) is 4.79 Å². The Hall–Kier alpha value is -4.43. The van der Waals surface area contributed by atoms with Gasteiger partial charge in [-0.3, -0.25) is 4.90 Å². The summed E-state index contributed by atoms with van der Waals surface area (Å²) in [5, 5.41) is 7.99. The molecule has 0 atom stereocenters. The molecule has 3 aromatic carbocycles. The van der Waals surface area contributed by atoms with Crippen LogP contribution in [0.25, 0.3) is 33.1 Å². The van der Waals surface area contributed by atoms with E-state index in [0.29, 0.717) is 11.4 Å². The molecular weight excluding hydrogens is 512 g/mol. The smallest absolute Gasteiger partial charge is 0.323 e. The van der Waals surface area contributed by atoms with Gasteiger partial charge in [0.15, 0.2) is 5.65 Å². The third-order valence-corrected chi connectivity index (χ3v) is 7.76. The Kier molecular flexibility index (Phi) is 7.09. The van der Waals surface area contributed by atoms with Crippen molar-refractivity contribution >= 4 is 39.3 Å². The number of likely N-dealkylation sites (tertiary alicyclic amines) is 1. The van der Waals surface area contributed by atoms with E-state index < -0.39 is 0 Å². The molecule has 0 saturated carbocycles. The Balaban J connectivity index is 1.27. The number of anilines is 2. The Morgan fingerprint density at radius 1 is 0.976 bits per heavy atom. The maximum Gasteiger partial charge on any atom is 0.323 e. The molecular formula is C33H36N6O2. The predicted octanol–water partition coefficient (Wildman–Crippen LogP) is 7.32. The number of hydrogen-bond acceptors (Lipinski definition) is 5. The molecule has 2 amide bonds. The minimum atomic E-state index is -0.335. The first-order valence-corrected chi connectivity index (χ1v) is 14.1. The van der Waals surface area contributed by atoms with Crippen molar-refractivity contribution < 1.29 is 9.53 Å². The fourth-order valence-electron chi connectivity index (χ4n) is 5.53. The molecule has 6 rings (SSSR count). The topological polar surface area (TPSA) is 95.2 Å². The number of methoxy groups -OCH3 is 1. The molecule has 1 fully saturated rings. The highest BCUT2D eigenvalue weighted by atomic mass is 16.5. The van der Waals surface area contributed by atoms with Gasteiger partial charge in [-0.05, 0) is 72.1 Å². The lowest BCUT2D eigenvalue weighted by Crippen LogP contribution is -2.21. The summed E-state index contributed by atoms with van der Waals surface area (Å²) in [4.78, 5) is 28.5. The quantitative estimate of drug-likeness (QED) is 0.207. The van der Waals surface area contributed by atoms with Crippen molar-refractivity contribution in [1.82, 2.24) is 19.9 Å². The summed E-state index contributed by atoms with van der Waals surface area (Å²) in [5.41, 5.74) is 6.07. The van der Waals surface area contributed by atoms with Crippen LogP contribution in [0.2, 0.25) is 0 Å². The average molecular weight is 549 g/mol. The van der Waals surface area contributed by atoms with E-state index in [4.69, 9.17) is 9.72 Å². The van der Waals surface area contributed by atoms with Crippen molar-refractivity contribution in [3.8, 4) is 16.9 Å². The summed E-state index contributed by atoms with van der Waals surface area (Å²) < 4.78 is 5.51. The average Bonchev–Trinajstić information content (AvgIpc) is 3.62. The fraction of sp³-hybridized carbons (Fsp3) is 0.303. The lowest BCUT2D eigenvalue weighted by molar-refractivity contribution is 0.262. The highest BCUT2D eigenvalue weighted by molar-refractivity contribution is 6.10. The molecule has 0 radical (unpaired) electrons. The molecule has 41 heavy (non-hydrogen) atoms. The lowest BCUT2D eigenvalue weighted by atomic mass is 9.87. The Morgan fingerprint density at radius 2 is 1.73 bits per heavy atom. The Morgan fingerprint density at radius 3 is 2.49 bits per heavy atom. The molecule has 8 heteroatoms. The largest absolute Gasteiger partial charge is 0.495 e. The minimum Gasteiger partial charge on any atom is -0.495 e. The van der Waals surface area contributed by atoms with Crippen LogP contribution in [0, 0.1) is 0 Å². The number of ether oxygens (including phenoxy) is 1. The summed E-state index contributed by atoms with van der Waals surface area (Å²) in [5.74, 6) is 1.56. The zero-order valence-corrected chi connectivity index (χ0v) is 24.0. The van der Waals surface area contributed by atoms with Crippen molar-refractivity contribution in [1.29, 1.82) is 0 Å². The van der Waals surface area contributed by atoms with Gasteiger partial charge in [0.1, 0.15) is 11.6 Å². The monoisotopic (exact) mass is 548 g/mol. The van der Waals surface area contributed by atoms with E-state index in [0.717, 1.165) is 69.8 Å². The molecule has 1 aliphatic heterocycles. The molecule has 3 N–H and O–H groups in total. The lowest BCUT2D eigenvalue weighted by Gasteiger charge is -2.21. The van der Waals surface area contributed by atoms with E-state index in [-0.39, 0.29) is 11.4 Å². The number of benzene rings is 3. The van der Waals surface area contributed by atoms with Gasteiger partial charge in [0.25, 0.3) is 0 Å². The number of rotatable bonds is 6. The van der Waals surface area contributed by atoms with E-state index in [1.807, 2.05) is 54.7 Å². The van der Waals surface area contributed by atoms with Gasteiger partial charge in [-0.15, -0.1) is 0 Å². The maximum atomic E-state index is 13.2. The highest BCUT2D eigenvalue weighted by Gasteiger charge is 2.18. The number of pyridine rings is 1. The first-order valence-electron chi connectivity index (χ1n) is 14.1. The van der Waals surface area contributed by atoms with Crippen LogP contribution in [0.15, 0.2) is 66.9 Å². The number of aromatic amines is 1. The number of aromatic nitrogens is 3. The molecule has 0 bridgehead atoms. The third kappa shape index (κ3) is 5.60. The molecule has 0 unspecified atom stereocenters. The summed E-state index contributed by atoms with van der Waals surface area (Å²) in [6.45, 7) is 9.48. The van der Waals surface area contributed by atoms with Gasteiger partial charge < -0.3 is 20.4 Å². The summed E-state index contributed by atoms with van der Waals surface area (Å²) in [7, 11) is 1.60. The number of imidazole rings is 1. The third-order valence-electron chi connectivity index (χ3n) is 7.76. The summed E-state index contributed by atoms with van der Waals surface area (Å²) >= 11 is 0. The van der Waals surface area contributed by atoms with Crippen molar-refractivity contribution in [2.45, 2.75) is 45.6 Å². The molecule has 210 valence electrons. The zero-order valence-electron chi connectivity index (χ0n) is 24.0. The molecule has 8 nitrogen and oxygen atoms in total. The summed E-state index contributed by atoms with van der Waals surface area (Å²) in [6.07, 6.45) is 4.38. The molecule has 3 heterocycles. The van der Waals surface area contributed by atoms with Gasteiger partial charge in [-0.1, -0.05) is 57.2 Å². The van der Waals surface area contributed by atoms with Gasteiger partial charge in [0.05, 0.1) is 30.5 Å². The van der Waals surface area contributed by atoms with Crippen molar-refractivity contribution in [3.05, 3.63) is 78.2 Å². The van der Waals surface area contributed by atoms with Crippen LogP contribution in [0.3, 0.4) is 0 Å². The second kappa shape index (κ2) is 10.9. The molecule has 5 aromatic rings. The maximum absolute atomic E-state index is 13.2. The molecule has 1 saturated heterocycles. The van der Waals surface area contributed by atoms with Gasteiger partial charge >= 0.3 is 6.03 Å². The Bertz CT molecular complexity index is 1730. The van der Waals surface area contributed by atoms with E-state index in [1.54, 1.807) is 7.11 Å². The van der Waals surface area contributed by atoms with Crippen LogP contribution >= 0.6 is 0 Å². The first-order chi connectivity index (χ1) is 19.8. The van der Waals surface area contributed by atoms with Crippen LogP contribution in [0.4, 0.5) is 16.2 Å². The molecule has 2 aromatic heterocycles. The standard InChI is InChI=1S/C33H36N6O2/c1-33(2,3)22-11-14-29(41-4)27(18-22)37-32(40)36-26-13-12-23(24-9-5-6-10-25(24)26)21-17-28-31(34-19-21)38-30(35-28)20-39-15-7-8-16-39/h5-6,9-14,17-19H,7-8,15-16,20H2,1-4H3,(H,34,35,38)(H2,36,37,40).